The Labute approximate surface area is 166 Å². The predicted molar refractivity (Wildman–Crippen MR) is 100 cm³/mol. The van der Waals surface area contributed by atoms with E-state index in [0.717, 1.165) is 18.6 Å². The van der Waals surface area contributed by atoms with Crippen LogP contribution in [0.5, 0.6) is 0 Å². The molecule has 1 fully saturated rings. The summed E-state index contributed by atoms with van der Waals surface area (Å²) in [6.07, 6.45) is 2.83. The molecule has 4 rings (SSSR count). The lowest BCUT2D eigenvalue weighted by Crippen LogP contribution is -2.47. The van der Waals surface area contributed by atoms with E-state index < -0.39 is 17.7 Å². The van der Waals surface area contributed by atoms with Crippen molar-refractivity contribution in [1.82, 2.24) is 14.7 Å². The number of urea groups is 1. The van der Waals surface area contributed by atoms with E-state index >= 15 is 0 Å². The molecule has 1 aromatic heterocycles. The van der Waals surface area contributed by atoms with Crippen LogP contribution in [0.25, 0.3) is 0 Å². The molecule has 9 heteroatoms. The number of anilines is 1. The van der Waals surface area contributed by atoms with Gasteiger partial charge in [-0.25, -0.2) is 13.6 Å². The Morgan fingerprint density at radius 1 is 1.31 bits per heavy atom. The minimum atomic E-state index is -1.03. The van der Waals surface area contributed by atoms with Gasteiger partial charge < -0.3 is 15.0 Å². The first-order chi connectivity index (χ1) is 13.9. The average Bonchev–Trinajstić information content (AvgIpc) is 3.33. The lowest BCUT2D eigenvalue weighted by Gasteiger charge is -2.34. The van der Waals surface area contributed by atoms with E-state index in [1.807, 2.05) is 6.92 Å². The Bertz CT molecular complexity index is 940. The van der Waals surface area contributed by atoms with Crippen molar-refractivity contribution in [3.05, 3.63) is 47.3 Å². The summed E-state index contributed by atoms with van der Waals surface area (Å²) in [6.45, 7) is 3.79. The molecule has 2 atom stereocenters. The van der Waals surface area contributed by atoms with Crippen LogP contribution >= 0.6 is 0 Å². The van der Waals surface area contributed by atoms with Crippen LogP contribution in [0.1, 0.15) is 35.8 Å². The molecule has 154 valence electrons. The first kappa shape index (κ1) is 19.5. The molecule has 0 radical (unpaired) electrons. The zero-order valence-electron chi connectivity index (χ0n) is 16.0. The highest BCUT2D eigenvalue weighted by Crippen LogP contribution is 2.25. The highest BCUT2D eigenvalue weighted by molar-refractivity contribution is 5.97. The van der Waals surface area contributed by atoms with E-state index in [1.165, 1.54) is 6.07 Å². The van der Waals surface area contributed by atoms with Gasteiger partial charge in [0.15, 0.2) is 17.4 Å². The fourth-order valence-corrected chi connectivity index (χ4v) is 3.79. The molecule has 0 aliphatic carbocycles. The Balaban J connectivity index is 1.49. The minimum absolute atomic E-state index is 0.00253. The molecule has 0 unspecified atom stereocenters. The highest BCUT2D eigenvalue weighted by Gasteiger charge is 2.32. The third-order valence-corrected chi connectivity index (χ3v) is 5.47. The van der Waals surface area contributed by atoms with Crippen molar-refractivity contribution in [2.45, 2.75) is 38.9 Å². The highest BCUT2D eigenvalue weighted by atomic mass is 19.2. The van der Waals surface area contributed by atoms with Gasteiger partial charge in [-0.15, -0.1) is 0 Å². The van der Waals surface area contributed by atoms with Gasteiger partial charge >= 0.3 is 6.03 Å². The number of nitrogens with zero attached hydrogens (tertiary/aromatic N) is 3. The number of ether oxygens (including phenoxy) is 1. The summed E-state index contributed by atoms with van der Waals surface area (Å²) in [7, 11) is 0. The quantitative estimate of drug-likeness (QED) is 0.794. The molecule has 1 saturated heterocycles. The molecule has 3 heterocycles. The number of amides is 2. The summed E-state index contributed by atoms with van der Waals surface area (Å²) in [5.74, 6) is -1.80. The number of rotatable bonds is 4. The second-order valence-electron chi connectivity index (χ2n) is 7.58. The molecule has 29 heavy (non-hydrogen) atoms. The average molecular weight is 404 g/mol. The number of Topliss-reactive ketones (excluding diaryl/α,β-unsaturated/α-hetero) is 1. The summed E-state index contributed by atoms with van der Waals surface area (Å²) in [4.78, 5) is 27.0. The first-order valence-corrected chi connectivity index (χ1v) is 9.60. The van der Waals surface area contributed by atoms with Gasteiger partial charge in [-0.3, -0.25) is 9.48 Å². The number of fused-ring (bicyclic) bond motifs is 1. The molecule has 2 amide bonds. The number of hydrogen-bond donors (Lipinski definition) is 1. The number of nitrogens with one attached hydrogen (secondary N) is 1. The van der Waals surface area contributed by atoms with Crippen LogP contribution in [-0.2, 0) is 17.8 Å². The van der Waals surface area contributed by atoms with E-state index in [2.05, 4.69) is 10.4 Å². The lowest BCUT2D eigenvalue weighted by molar-refractivity contribution is 0.0947. The van der Waals surface area contributed by atoms with Crippen LogP contribution in [0.2, 0.25) is 0 Å². The zero-order valence-corrected chi connectivity index (χ0v) is 16.0. The van der Waals surface area contributed by atoms with Crippen molar-refractivity contribution in [3.63, 3.8) is 0 Å². The molecular formula is C20H22F2N4O3. The Kier molecular flexibility index (Phi) is 5.31. The molecule has 1 aromatic carbocycles. The topological polar surface area (TPSA) is 76.5 Å². The van der Waals surface area contributed by atoms with Crippen LogP contribution in [0, 0.1) is 17.6 Å². The second kappa shape index (κ2) is 7.90. The zero-order chi connectivity index (χ0) is 20.5. The van der Waals surface area contributed by atoms with E-state index in [0.29, 0.717) is 37.4 Å². The fourth-order valence-electron chi connectivity index (χ4n) is 3.79. The third-order valence-electron chi connectivity index (χ3n) is 5.47. The lowest BCUT2D eigenvalue weighted by atomic mass is 9.97. The monoisotopic (exact) mass is 404 g/mol. The van der Waals surface area contributed by atoms with Gasteiger partial charge in [0.05, 0.1) is 36.6 Å². The summed E-state index contributed by atoms with van der Waals surface area (Å²) in [5, 5.41) is 6.91. The smallest absolute Gasteiger partial charge is 0.322 e. The van der Waals surface area contributed by atoms with Crippen molar-refractivity contribution in [3.8, 4) is 0 Å². The largest absolute Gasteiger partial charge is 0.381 e. The summed E-state index contributed by atoms with van der Waals surface area (Å²) in [5.41, 5.74) is 1.37. The van der Waals surface area contributed by atoms with Gasteiger partial charge in [0.2, 0.25) is 0 Å². The SMILES string of the molecule is C[C@H]1Cn2ncc(C(=O)C[C@H]3CCOC3)c2CN1C(=O)Nc1ccc(F)c(F)c1. The normalized spacial score (nSPS) is 21.1. The molecule has 0 spiro atoms. The van der Waals surface area contributed by atoms with Gasteiger partial charge in [-0.2, -0.15) is 5.10 Å². The van der Waals surface area contributed by atoms with Crippen LogP contribution in [0.3, 0.4) is 0 Å². The van der Waals surface area contributed by atoms with Gasteiger partial charge in [0.1, 0.15) is 0 Å². The van der Waals surface area contributed by atoms with E-state index in [9.17, 15) is 18.4 Å². The Hall–Kier alpha value is -2.81. The minimum Gasteiger partial charge on any atom is -0.381 e. The Morgan fingerprint density at radius 3 is 2.86 bits per heavy atom. The standard InChI is InChI=1S/C20H22F2N4O3/c1-12-9-26-18(15(8-23-26)19(27)6-13-4-5-29-11-13)10-25(12)20(28)24-14-2-3-16(21)17(22)7-14/h2-3,7-8,12-13H,4-6,9-11H2,1H3,(H,24,28)/t12-,13+/m0/s1. The van der Waals surface area contributed by atoms with Crippen molar-refractivity contribution < 1.29 is 23.1 Å². The maximum atomic E-state index is 13.4. The van der Waals surface area contributed by atoms with E-state index in [-0.39, 0.29) is 30.0 Å². The summed E-state index contributed by atoms with van der Waals surface area (Å²) < 4.78 is 33.6. The summed E-state index contributed by atoms with van der Waals surface area (Å²) >= 11 is 0. The molecule has 0 saturated carbocycles. The van der Waals surface area contributed by atoms with Gasteiger partial charge in [0, 0.05) is 31.4 Å². The Morgan fingerprint density at radius 2 is 2.14 bits per heavy atom. The maximum Gasteiger partial charge on any atom is 0.322 e. The van der Waals surface area contributed by atoms with Crippen LogP contribution in [0.15, 0.2) is 24.4 Å². The van der Waals surface area contributed by atoms with Crippen molar-refractivity contribution >= 4 is 17.5 Å². The second-order valence-corrected chi connectivity index (χ2v) is 7.58. The molecule has 0 bridgehead atoms. The number of hydrogen-bond acceptors (Lipinski definition) is 4. The van der Waals surface area contributed by atoms with Crippen molar-refractivity contribution in [2.75, 3.05) is 18.5 Å². The third kappa shape index (κ3) is 4.00. The van der Waals surface area contributed by atoms with Gasteiger partial charge in [-0.1, -0.05) is 0 Å². The molecule has 7 nitrogen and oxygen atoms in total. The maximum absolute atomic E-state index is 13.4. The molecule has 1 N–H and O–H groups in total. The van der Waals surface area contributed by atoms with Crippen LogP contribution < -0.4 is 5.32 Å². The summed E-state index contributed by atoms with van der Waals surface area (Å²) in [6, 6.07) is 2.57. The van der Waals surface area contributed by atoms with Gasteiger partial charge in [0.25, 0.3) is 0 Å². The molecular weight excluding hydrogens is 382 g/mol. The molecule has 2 aliphatic heterocycles. The molecule has 2 aromatic rings. The number of halogens is 2. The van der Waals surface area contributed by atoms with E-state index in [1.54, 1.807) is 15.8 Å². The molecule has 2 aliphatic rings. The first-order valence-electron chi connectivity index (χ1n) is 9.60. The number of carbonyl (C=O) groups is 2. The van der Waals surface area contributed by atoms with Crippen LogP contribution in [0.4, 0.5) is 19.3 Å². The van der Waals surface area contributed by atoms with Gasteiger partial charge in [-0.05, 0) is 31.4 Å². The van der Waals surface area contributed by atoms with Crippen LogP contribution in [-0.4, -0.2) is 45.8 Å². The number of ketones is 1. The van der Waals surface area contributed by atoms with Crippen molar-refractivity contribution in [2.24, 2.45) is 5.92 Å². The number of carbonyl (C=O) groups excluding carboxylic acids is 2. The fraction of sp³-hybridized carbons (Fsp3) is 0.450. The number of benzene rings is 1. The predicted octanol–water partition coefficient (Wildman–Crippen LogP) is 3.21. The number of aromatic nitrogens is 2. The van der Waals surface area contributed by atoms with Crippen molar-refractivity contribution in [1.29, 1.82) is 0 Å². The van der Waals surface area contributed by atoms with E-state index in [4.69, 9.17) is 4.74 Å².